The van der Waals surface area contributed by atoms with Crippen LogP contribution in [-0.2, 0) is 6.61 Å². The molecule has 3 aromatic carbocycles. The van der Waals surface area contributed by atoms with Gasteiger partial charge in [-0.15, -0.1) is 0 Å². The zero-order valence-corrected chi connectivity index (χ0v) is 18.2. The third-order valence-corrected chi connectivity index (χ3v) is 5.23. The van der Waals surface area contributed by atoms with Crippen molar-refractivity contribution < 1.29 is 13.9 Å². The number of hydrogen-bond acceptors (Lipinski definition) is 3. The van der Waals surface area contributed by atoms with Gasteiger partial charge in [-0.3, -0.25) is 0 Å². The van der Waals surface area contributed by atoms with Gasteiger partial charge in [0.1, 0.15) is 29.7 Å². The Morgan fingerprint density at radius 1 is 1.07 bits per heavy atom. The van der Waals surface area contributed by atoms with E-state index in [4.69, 9.17) is 9.47 Å². The van der Waals surface area contributed by atoms with Crippen molar-refractivity contribution in [3.8, 4) is 34.1 Å². The van der Waals surface area contributed by atoms with E-state index in [0.29, 0.717) is 21.5 Å². The number of aromatic amines is 1. The number of hydrogen-bond donors (Lipinski definition) is 1. The number of nitrogens with zero attached hydrogens (tertiary/aromatic N) is 1. The minimum Gasteiger partial charge on any atom is -0.496 e. The highest BCUT2D eigenvalue weighted by atomic mass is 79.9. The second-order valence-corrected chi connectivity index (χ2v) is 7.82. The van der Waals surface area contributed by atoms with Gasteiger partial charge in [-0.2, -0.15) is 0 Å². The fourth-order valence-corrected chi connectivity index (χ4v) is 3.51. The van der Waals surface area contributed by atoms with E-state index in [2.05, 4.69) is 45.0 Å². The molecule has 0 unspecified atom stereocenters. The molecule has 0 saturated carbocycles. The van der Waals surface area contributed by atoms with Crippen LogP contribution in [0, 0.1) is 12.7 Å². The second kappa shape index (κ2) is 8.71. The number of imidazole rings is 1. The number of methoxy groups -OCH3 is 1. The molecule has 0 aliphatic carbocycles. The van der Waals surface area contributed by atoms with Gasteiger partial charge < -0.3 is 14.5 Å². The number of aryl methyl sites for hydroxylation is 1. The second-order valence-electron chi connectivity index (χ2n) is 6.90. The summed E-state index contributed by atoms with van der Waals surface area (Å²) < 4.78 is 26.0. The third kappa shape index (κ3) is 4.39. The van der Waals surface area contributed by atoms with E-state index in [1.807, 2.05) is 24.3 Å². The molecule has 0 aliphatic rings. The van der Waals surface area contributed by atoms with Crippen molar-refractivity contribution in [1.29, 1.82) is 0 Å². The maximum Gasteiger partial charge on any atom is 0.137 e. The van der Waals surface area contributed by atoms with Crippen LogP contribution >= 0.6 is 15.9 Å². The molecule has 4 nitrogen and oxygen atoms in total. The van der Waals surface area contributed by atoms with E-state index in [1.165, 1.54) is 11.6 Å². The van der Waals surface area contributed by atoms with Gasteiger partial charge in [0.25, 0.3) is 0 Å². The lowest BCUT2D eigenvalue weighted by molar-refractivity contribution is 0.297. The molecule has 1 aromatic heterocycles. The average molecular weight is 467 g/mol. The summed E-state index contributed by atoms with van der Waals surface area (Å²) >= 11 is 3.26. The van der Waals surface area contributed by atoms with E-state index >= 15 is 0 Å². The van der Waals surface area contributed by atoms with Crippen LogP contribution in [0.25, 0.3) is 22.6 Å². The Morgan fingerprint density at radius 3 is 2.70 bits per heavy atom. The fourth-order valence-electron chi connectivity index (χ4n) is 3.18. The summed E-state index contributed by atoms with van der Waals surface area (Å²) in [5.74, 6) is 1.72. The minimum absolute atomic E-state index is 0.128. The van der Waals surface area contributed by atoms with E-state index in [-0.39, 0.29) is 12.4 Å². The Morgan fingerprint density at radius 2 is 1.93 bits per heavy atom. The molecule has 0 radical (unpaired) electrons. The third-order valence-electron chi connectivity index (χ3n) is 4.74. The van der Waals surface area contributed by atoms with Gasteiger partial charge in [0.15, 0.2) is 0 Å². The van der Waals surface area contributed by atoms with Gasteiger partial charge in [-0.25, -0.2) is 9.37 Å². The number of H-pyrrole nitrogens is 1. The number of rotatable bonds is 6. The van der Waals surface area contributed by atoms with Crippen LogP contribution in [0.15, 0.2) is 71.3 Å². The number of benzene rings is 3. The van der Waals surface area contributed by atoms with Crippen molar-refractivity contribution in [2.24, 2.45) is 0 Å². The van der Waals surface area contributed by atoms with Crippen LogP contribution in [0.3, 0.4) is 0 Å². The molecule has 1 heterocycles. The average Bonchev–Trinajstić information content (AvgIpc) is 3.23. The number of nitrogens with one attached hydrogen (secondary N) is 1. The summed E-state index contributed by atoms with van der Waals surface area (Å²) in [5.41, 5.74) is 4.39. The highest BCUT2D eigenvalue weighted by Gasteiger charge is 2.12. The summed E-state index contributed by atoms with van der Waals surface area (Å²) in [7, 11) is 1.61. The molecule has 6 heteroatoms. The van der Waals surface area contributed by atoms with Crippen molar-refractivity contribution in [2.75, 3.05) is 7.11 Å². The Hall–Kier alpha value is -3.12. The molecule has 1 N–H and O–H groups in total. The van der Waals surface area contributed by atoms with Crippen LogP contribution < -0.4 is 9.47 Å². The molecule has 0 saturated heterocycles. The highest BCUT2D eigenvalue weighted by molar-refractivity contribution is 9.10. The molecule has 0 fully saturated rings. The van der Waals surface area contributed by atoms with Gasteiger partial charge in [-0.05, 0) is 37.3 Å². The van der Waals surface area contributed by atoms with E-state index in [1.54, 1.807) is 31.5 Å². The lowest BCUT2D eigenvalue weighted by Gasteiger charge is -2.11. The number of aromatic nitrogens is 2. The van der Waals surface area contributed by atoms with Crippen LogP contribution in [0.1, 0.15) is 11.1 Å². The molecule has 0 aliphatic heterocycles. The summed E-state index contributed by atoms with van der Waals surface area (Å²) in [6.07, 6.45) is 1.78. The Kier molecular flexibility index (Phi) is 5.86. The SMILES string of the molecule is COc1cc(OCc2ccc(Br)cc2F)ccc1-c1cnc(-c2cccc(C)c2)[nH]1. The lowest BCUT2D eigenvalue weighted by atomic mass is 10.1. The summed E-state index contributed by atoms with van der Waals surface area (Å²) in [6, 6.07) is 18.6. The van der Waals surface area contributed by atoms with Crippen molar-refractivity contribution >= 4 is 15.9 Å². The van der Waals surface area contributed by atoms with Gasteiger partial charge in [0.2, 0.25) is 0 Å². The molecule has 152 valence electrons. The summed E-state index contributed by atoms with van der Waals surface area (Å²) in [5, 5.41) is 0. The molecule has 0 amide bonds. The predicted octanol–water partition coefficient (Wildman–Crippen LogP) is 6.54. The Balaban J connectivity index is 1.55. The maximum absolute atomic E-state index is 14.0. The Bertz CT molecular complexity index is 1190. The van der Waals surface area contributed by atoms with Gasteiger partial charge in [-0.1, -0.05) is 45.8 Å². The predicted molar refractivity (Wildman–Crippen MR) is 119 cm³/mol. The first kappa shape index (κ1) is 20.2. The number of halogens is 2. The molecule has 30 heavy (non-hydrogen) atoms. The molecular formula is C24H20BrFN2O2. The van der Waals surface area contributed by atoms with Crippen molar-refractivity contribution in [2.45, 2.75) is 13.5 Å². The monoisotopic (exact) mass is 466 g/mol. The Labute approximate surface area is 182 Å². The minimum atomic E-state index is -0.311. The summed E-state index contributed by atoms with van der Waals surface area (Å²) in [6.45, 7) is 2.18. The molecule has 0 atom stereocenters. The normalized spacial score (nSPS) is 10.8. The van der Waals surface area contributed by atoms with Crippen molar-refractivity contribution in [3.05, 3.63) is 88.3 Å². The summed E-state index contributed by atoms with van der Waals surface area (Å²) in [4.78, 5) is 7.86. The lowest BCUT2D eigenvalue weighted by Crippen LogP contribution is -1.99. The van der Waals surface area contributed by atoms with E-state index < -0.39 is 0 Å². The molecule has 4 aromatic rings. The quantitative estimate of drug-likeness (QED) is 0.350. The zero-order valence-electron chi connectivity index (χ0n) is 16.6. The number of ether oxygens (including phenoxy) is 2. The molecular weight excluding hydrogens is 447 g/mol. The topological polar surface area (TPSA) is 47.1 Å². The van der Waals surface area contributed by atoms with E-state index in [9.17, 15) is 4.39 Å². The largest absolute Gasteiger partial charge is 0.496 e. The van der Waals surface area contributed by atoms with Crippen LogP contribution in [0.4, 0.5) is 4.39 Å². The van der Waals surface area contributed by atoms with Crippen LogP contribution in [0.2, 0.25) is 0 Å². The maximum atomic E-state index is 14.0. The first-order chi connectivity index (χ1) is 14.5. The van der Waals surface area contributed by atoms with Gasteiger partial charge >= 0.3 is 0 Å². The smallest absolute Gasteiger partial charge is 0.137 e. The van der Waals surface area contributed by atoms with Crippen molar-refractivity contribution in [1.82, 2.24) is 9.97 Å². The van der Waals surface area contributed by atoms with E-state index in [0.717, 1.165) is 22.6 Å². The zero-order chi connectivity index (χ0) is 21.1. The van der Waals surface area contributed by atoms with Gasteiger partial charge in [0.05, 0.1) is 19.0 Å². The molecule has 4 rings (SSSR count). The fraction of sp³-hybridized carbons (Fsp3) is 0.125. The first-order valence-electron chi connectivity index (χ1n) is 9.40. The standard InChI is InChI=1S/C24H20BrFN2O2/c1-15-4-3-5-16(10-15)24-27-13-22(28-24)20-9-8-19(12-23(20)29-2)30-14-17-6-7-18(25)11-21(17)26/h3-13H,14H2,1-2H3,(H,27,28). The molecule has 0 spiro atoms. The highest BCUT2D eigenvalue weighted by Crippen LogP contribution is 2.34. The van der Waals surface area contributed by atoms with Crippen molar-refractivity contribution in [3.63, 3.8) is 0 Å². The first-order valence-corrected chi connectivity index (χ1v) is 10.2. The van der Waals surface area contributed by atoms with Gasteiger partial charge in [0, 0.05) is 27.2 Å². The van der Waals surface area contributed by atoms with Crippen LogP contribution in [-0.4, -0.2) is 17.1 Å². The van der Waals surface area contributed by atoms with Crippen LogP contribution in [0.5, 0.6) is 11.5 Å². The molecule has 0 bridgehead atoms.